The summed E-state index contributed by atoms with van der Waals surface area (Å²) < 4.78 is 4.91. The van der Waals surface area contributed by atoms with Crippen molar-refractivity contribution in [2.45, 2.75) is 13.8 Å². The Morgan fingerprint density at radius 1 is 1.41 bits per heavy atom. The van der Waals surface area contributed by atoms with Crippen LogP contribution in [0.15, 0.2) is 16.7 Å². The third-order valence-corrected chi connectivity index (χ3v) is 3.17. The van der Waals surface area contributed by atoms with Gasteiger partial charge >= 0.3 is 5.69 Å². The smallest absolute Gasteiger partial charge is 0.338 e. The molecule has 0 aromatic carbocycles. The van der Waals surface area contributed by atoms with E-state index in [1.54, 1.807) is 30.4 Å². The molecule has 0 atom stereocenters. The van der Waals surface area contributed by atoms with Gasteiger partial charge in [0.25, 0.3) is 0 Å². The van der Waals surface area contributed by atoms with Crippen molar-refractivity contribution in [2.75, 3.05) is 0 Å². The molecule has 2 aromatic heterocycles. The van der Waals surface area contributed by atoms with Gasteiger partial charge in [0.15, 0.2) is 5.69 Å². The van der Waals surface area contributed by atoms with Gasteiger partial charge in [-0.05, 0) is 38.1 Å². The summed E-state index contributed by atoms with van der Waals surface area (Å²) in [5.41, 5.74) is 0.214. The zero-order valence-electron chi connectivity index (χ0n) is 9.34. The molecule has 0 fully saturated rings. The van der Waals surface area contributed by atoms with E-state index in [4.69, 9.17) is 4.52 Å². The number of rotatable bonds is 3. The highest BCUT2D eigenvalue weighted by Gasteiger charge is 2.21. The van der Waals surface area contributed by atoms with Crippen LogP contribution >= 0.6 is 11.3 Å². The molecular formula is C11H10N2O3S. The van der Waals surface area contributed by atoms with Crippen LogP contribution < -0.4 is 0 Å². The van der Waals surface area contributed by atoms with Crippen molar-refractivity contribution >= 4 is 29.2 Å². The van der Waals surface area contributed by atoms with Gasteiger partial charge in [0.1, 0.15) is 0 Å². The first kappa shape index (κ1) is 11.5. The van der Waals surface area contributed by atoms with E-state index in [-0.39, 0.29) is 17.1 Å². The second-order valence-electron chi connectivity index (χ2n) is 3.52. The highest BCUT2D eigenvalue weighted by atomic mass is 32.1. The third-order valence-electron chi connectivity index (χ3n) is 2.20. The van der Waals surface area contributed by atoms with Crippen LogP contribution in [0.4, 0.5) is 5.69 Å². The van der Waals surface area contributed by atoms with Crippen LogP contribution in [0.3, 0.4) is 0 Å². The van der Waals surface area contributed by atoms with Crippen molar-refractivity contribution in [3.63, 3.8) is 0 Å². The van der Waals surface area contributed by atoms with Crippen LogP contribution in [0.25, 0.3) is 12.2 Å². The summed E-state index contributed by atoms with van der Waals surface area (Å²) in [6, 6.07) is 3.94. The van der Waals surface area contributed by atoms with Crippen molar-refractivity contribution in [2.24, 2.45) is 0 Å². The number of hydrogen-bond donors (Lipinski definition) is 0. The molecule has 0 radical (unpaired) electrons. The van der Waals surface area contributed by atoms with Gasteiger partial charge in [-0.15, -0.1) is 11.3 Å². The van der Waals surface area contributed by atoms with Gasteiger partial charge in [-0.25, -0.2) is 0 Å². The maximum absolute atomic E-state index is 10.8. The molecule has 2 rings (SSSR count). The summed E-state index contributed by atoms with van der Waals surface area (Å²) in [5, 5.41) is 14.4. The number of nitrogens with zero attached hydrogens (tertiary/aromatic N) is 2. The van der Waals surface area contributed by atoms with Crippen LogP contribution in [0, 0.1) is 24.0 Å². The van der Waals surface area contributed by atoms with E-state index in [0.717, 1.165) is 4.88 Å². The van der Waals surface area contributed by atoms with Gasteiger partial charge in [0, 0.05) is 9.75 Å². The van der Waals surface area contributed by atoms with Gasteiger partial charge < -0.3 is 4.52 Å². The molecule has 2 aromatic rings. The fraction of sp³-hybridized carbons (Fsp3) is 0.182. The summed E-state index contributed by atoms with van der Waals surface area (Å²) in [6.07, 6.45) is 3.36. The van der Waals surface area contributed by atoms with Crippen LogP contribution in [0.5, 0.6) is 0 Å². The molecule has 0 N–H and O–H groups in total. The predicted molar refractivity (Wildman–Crippen MR) is 65.9 cm³/mol. The largest absolute Gasteiger partial charge is 0.349 e. The highest BCUT2D eigenvalue weighted by Crippen LogP contribution is 2.25. The minimum absolute atomic E-state index is 0.0745. The molecule has 0 aliphatic rings. The van der Waals surface area contributed by atoms with Crippen molar-refractivity contribution in [1.29, 1.82) is 0 Å². The second kappa shape index (κ2) is 4.50. The van der Waals surface area contributed by atoms with E-state index in [0.29, 0.717) is 0 Å². The molecule has 6 heteroatoms. The lowest BCUT2D eigenvalue weighted by Crippen LogP contribution is -1.89. The first-order chi connectivity index (χ1) is 8.08. The lowest BCUT2D eigenvalue weighted by molar-refractivity contribution is -0.386. The minimum Gasteiger partial charge on any atom is -0.349 e. The maximum Gasteiger partial charge on any atom is 0.338 e. The fourth-order valence-electron chi connectivity index (χ4n) is 1.41. The normalized spacial score (nSPS) is 11.2. The molecule has 2 heterocycles. The molecule has 0 unspecified atom stereocenters. The molecule has 0 aliphatic heterocycles. The van der Waals surface area contributed by atoms with Gasteiger partial charge in [-0.1, -0.05) is 5.16 Å². The van der Waals surface area contributed by atoms with E-state index in [2.05, 4.69) is 5.16 Å². The van der Waals surface area contributed by atoms with Gasteiger partial charge in [-0.3, -0.25) is 10.1 Å². The number of thiophene rings is 1. The summed E-state index contributed by atoms with van der Waals surface area (Å²) in [6.45, 7) is 3.55. The number of nitro groups is 1. The molecule has 5 nitrogen and oxygen atoms in total. The van der Waals surface area contributed by atoms with Gasteiger partial charge in [0.2, 0.25) is 5.76 Å². The quantitative estimate of drug-likeness (QED) is 0.618. The first-order valence-electron chi connectivity index (χ1n) is 4.93. The highest BCUT2D eigenvalue weighted by molar-refractivity contribution is 7.12. The number of aromatic nitrogens is 1. The average Bonchev–Trinajstić information content (AvgIpc) is 2.82. The number of hydrogen-bond acceptors (Lipinski definition) is 5. The summed E-state index contributed by atoms with van der Waals surface area (Å²) in [7, 11) is 0. The number of aryl methyl sites for hydroxylation is 2. The third kappa shape index (κ3) is 2.42. The van der Waals surface area contributed by atoms with Crippen molar-refractivity contribution in [3.8, 4) is 0 Å². The van der Waals surface area contributed by atoms with E-state index in [1.165, 1.54) is 4.88 Å². The lowest BCUT2D eigenvalue weighted by Gasteiger charge is -1.87. The standard InChI is InChI=1S/C11H10N2O3S/c1-7-3-4-9(17-7)5-6-10-11(13(14)15)8(2)12-16-10/h3-6H,1-2H3/b6-5+. The Hall–Kier alpha value is -1.95. The molecule has 0 amide bonds. The topological polar surface area (TPSA) is 69.2 Å². The Kier molecular flexibility index (Phi) is 3.06. The SMILES string of the molecule is Cc1ccc(/C=C/c2onc(C)c2[N+](=O)[O-])s1. The Labute approximate surface area is 102 Å². The molecule has 0 spiro atoms. The molecule has 0 aliphatic carbocycles. The molecule has 0 saturated heterocycles. The van der Waals surface area contributed by atoms with Crippen molar-refractivity contribution in [3.05, 3.63) is 43.5 Å². The van der Waals surface area contributed by atoms with E-state index < -0.39 is 4.92 Å². The van der Waals surface area contributed by atoms with Crippen LogP contribution in [0.1, 0.15) is 21.2 Å². The van der Waals surface area contributed by atoms with Crippen molar-refractivity contribution in [1.82, 2.24) is 5.16 Å². The lowest BCUT2D eigenvalue weighted by atomic mass is 10.3. The zero-order valence-corrected chi connectivity index (χ0v) is 10.2. The van der Waals surface area contributed by atoms with E-state index >= 15 is 0 Å². The molecular weight excluding hydrogens is 240 g/mol. The fourth-order valence-corrected chi connectivity index (χ4v) is 2.19. The summed E-state index contributed by atoms with van der Waals surface area (Å²) in [5.74, 6) is 0.179. The second-order valence-corrected chi connectivity index (χ2v) is 4.84. The molecule has 88 valence electrons. The van der Waals surface area contributed by atoms with Gasteiger partial charge in [-0.2, -0.15) is 0 Å². The van der Waals surface area contributed by atoms with Crippen LogP contribution in [-0.2, 0) is 0 Å². The van der Waals surface area contributed by atoms with Gasteiger partial charge in [0.05, 0.1) is 4.92 Å². The molecule has 17 heavy (non-hydrogen) atoms. The van der Waals surface area contributed by atoms with E-state index in [1.807, 2.05) is 19.1 Å². The summed E-state index contributed by atoms with van der Waals surface area (Å²) in [4.78, 5) is 12.5. The Morgan fingerprint density at radius 3 is 2.76 bits per heavy atom. The van der Waals surface area contributed by atoms with Crippen LogP contribution in [-0.4, -0.2) is 10.1 Å². The Morgan fingerprint density at radius 2 is 2.18 bits per heavy atom. The Balaban J connectivity index is 2.30. The molecule has 0 bridgehead atoms. The Bertz CT molecular complexity index is 583. The average molecular weight is 250 g/mol. The maximum atomic E-state index is 10.8. The first-order valence-corrected chi connectivity index (χ1v) is 5.75. The van der Waals surface area contributed by atoms with Crippen LogP contribution in [0.2, 0.25) is 0 Å². The predicted octanol–water partition coefficient (Wildman–Crippen LogP) is 3.43. The zero-order chi connectivity index (χ0) is 12.4. The van der Waals surface area contributed by atoms with Crippen molar-refractivity contribution < 1.29 is 9.45 Å². The summed E-state index contributed by atoms with van der Waals surface area (Å²) >= 11 is 1.61. The van der Waals surface area contributed by atoms with E-state index in [9.17, 15) is 10.1 Å². The minimum atomic E-state index is -0.481. The molecule has 0 saturated carbocycles. The monoisotopic (exact) mass is 250 g/mol.